The maximum Gasteiger partial charge on any atom is 0.255 e. The normalized spacial score (nSPS) is 10.9. The summed E-state index contributed by atoms with van der Waals surface area (Å²) in [5.41, 5.74) is 0.745. The van der Waals surface area contributed by atoms with Gasteiger partial charge in [-0.1, -0.05) is 18.2 Å². The number of nitrogens with zero attached hydrogens (tertiary/aromatic N) is 3. The number of pyridine rings is 1. The molecule has 0 amide bonds. The molecule has 0 fully saturated rings. The summed E-state index contributed by atoms with van der Waals surface area (Å²) in [4.78, 5) is 3.06. The van der Waals surface area contributed by atoms with Gasteiger partial charge in [0.1, 0.15) is 0 Å². The minimum Gasteiger partial charge on any atom is -0.452 e. The molecule has 0 atom stereocenters. The molecular weight excluding hydrogens is 271 g/mol. The third-order valence-corrected chi connectivity index (χ3v) is 2.65. The number of halogens is 3. The van der Waals surface area contributed by atoms with Crippen LogP contribution in [0.1, 0.15) is 0 Å². The Morgan fingerprint density at radius 1 is 1.10 bits per heavy atom. The number of hydrogen-bond donors (Lipinski definition) is 0. The third-order valence-electron chi connectivity index (χ3n) is 2.65. The van der Waals surface area contributed by atoms with E-state index in [1.807, 2.05) is 24.3 Å². The molecule has 3 aromatic rings. The predicted molar refractivity (Wildman–Crippen MR) is 64.5 cm³/mol. The Bertz CT molecular complexity index is 740. The van der Waals surface area contributed by atoms with Crippen molar-refractivity contribution in [1.82, 2.24) is 14.8 Å². The molecule has 102 valence electrons. The highest BCUT2D eigenvalue weighted by atomic mass is 19.2. The van der Waals surface area contributed by atoms with Crippen LogP contribution >= 0.6 is 0 Å². The van der Waals surface area contributed by atoms with Gasteiger partial charge in [-0.3, -0.25) is 0 Å². The van der Waals surface area contributed by atoms with E-state index in [2.05, 4.69) is 10.1 Å². The van der Waals surface area contributed by atoms with Gasteiger partial charge < -0.3 is 4.74 Å². The first kappa shape index (κ1) is 12.5. The van der Waals surface area contributed by atoms with Crippen LogP contribution in [0.15, 0.2) is 36.5 Å². The van der Waals surface area contributed by atoms with E-state index in [1.54, 1.807) is 6.20 Å². The van der Waals surface area contributed by atoms with Crippen LogP contribution in [0.3, 0.4) is 0 Å². The zero-order valence-corrected chi connectivity index (χ0v) is 10.1. The minimum atomic E-state index is -1.41. The lowest BCUT2D eigenvalue weighted by Gasteiger charge is -2.06. The number of fused-ring (bicyclic) bond motifs is 1. The quantitative estimate of drug-likeness (QED) is 0.692. The highest BCUT2D eigenvalue weighted by Gasteiger charge is 2.13. The van der Waals surface area contributed by atoms with Gasteiger partial charge in [-0.05, 0) is 6.07 Å². The number of rotatable bonds is 3. The van der Waals surface area contributed by atoms with Gasteiger partial charge in [0.05, 0.1) is 5.52 Å². The SMILES string of the molecule is Fc1cc(F)c(OCn2cc3ccccc3n2)nc1F. The molecule has 0 aliphatic rings. The van der Waals surface area contributed by atoms with E-state index >= 15 is 0 Å². The van der Waals surface area contributed by atoms with Crippen LogP contribution < -0.4 is 4.74 Å². The molecule has 0 saturated carbocycles. The lowest BCUT2D eigenvalue weighted by atomic mass is 10.3. The van der Waals surface area contributed by atoms with Crippen molar-refractivity contribution in [2.75, 3.05) is 0 Å². The van der Waals surface area contributed by atoms with Crippen LogP contribution in [0.5, 0.6) is 5.88 Å². The van der Waals surface area contributed by atoms with Crippen molar-refractivity contribution in [3.8, 4) is 5.88 Å². The zero-order valence-electron chi connectivity index (χ0n) is 10.1. The first-order valence-corrected chi connectivity index (χ1v) is 5.70. The second-order valence-electron chi connectivity index (χ2n) is 4.05. The molecule has 2 heterocycles. The van der Waals surface area contributed by atoms with E-state index in [1.165, 1.54) is 4.68 Å². The Balaban J connectivity index is 1.81. The molecule has 0 unspecified atom stereocenters. The molecule has 0 bridgehead atoms. The van der Waals surface area contributed by atoms with Gasteiger partial charge in [-0.25, -0.2) is 13.5 Å². The van der Waals surface area contributed by atoms with Gasteiger partial charge in [0, 0.05) is 17.6 Å². The molecule has 2 aromatic heterocycles. The fraction of sp³-hybridized carbons (Fsp3) is 0.0769. The van der Waals surface area contributed by atoms with Crippen LogP contribution in [-0.2, 0) is 6.73 Å². The van der Waals surface area contributed by atoms with Gasteiger partial charge in [-0.15, -0.1) is 0 Å². The molecule has 0 radical (unpaired) electrons. The molecule has 0 N–H and O–H groups in total. The van der Waals surface area contributed by atoms with Crippen LogP contribution in [0.4, 0.5) is 13.2 Å². The van der Waals surface area contributed by atoms with Gasteiger partial charge in [-0.2, -0.15) is 14.5 Å². The topological polar surface area (TPSA) is 39.9 Å². The maximum atomic E-state index is 13.3. The Labute approximate surface area is 111 Å². The van der Waals surface area contributed by atoms with E-state index in [9.17, 15) is 13.2 Å². The molecule has 0 saturated heterocycles. The fourth-order valence-corrected chi connectivity index (χ4v) is 1.74. The minimum absolute atomic E-state index is 0.163. The van der Waals surface area contributed by atoms with Crippen LogP contribution in [-0.4, -0.2) is 14.8 Å². The highest BCUT2D eigenvalue weighted by molar-refractivity contribution is 5.77. The van der Waals surface area contributed by atoms with E-state index < -0.39 is 23.5 Å². The van der Waals surface area contributed by atoms with E-state index in [0.29, 0.717) is 6.07 Å². The number of ether oxygens (including phenoxy) is 1. The van der Waals surface area contributed by atoms with Crippen molar-refractivity contribution < 1.29 is 17.9 Å². The average Bonchev–Trinajstić information content (AvgIpc) is 2.84. The summed E-state index contributed by atoms with van der Waals surface area (Å²) >= 11 is 0. The van der Waals surface area contributed by atoms with E-state index in [0.717, 1.165) is 10.9 Å². The van der Waals surface area contributed by atoms with Crippen molar-refractivity contribution in [3.63, 3.8) is 0 Å². The van der Waals surface area contributed by atoms with Gasteiger partial charge in [0.2, 0.25) is 0 Å². The fourth-order valence-electron chi connectivity index (χ4n) is 1.74. The Kier molecular flexibility index (Phi) is 3.02. The Morgan fingerprint density at radius 2 is 1.90 bits per heavy atom. The van der Waals surface area contributed by atoms with Crippen molar-refractivity contribution in [3.05, 3.63) is 54.1 Å². The van der Waals surface area contributed by atoms with Crippen molar-refractivity contribution in [1.29, 1.82) is 0 Å². The summed E-state index contributed by atoms with van der Waals surface area (Å²) in [6.07, 6.45) is 1.69. The average molecular weight is 279 g/mol. The molecule has 4 nitrogen and oxygen atoms in total. The molecule has 0 aliphatic heterocycles. The van der Waals surface area contributed by atoms with Crippen molar-refractivity contribution >= 4 is 10.9 Å². The first-order valence-electron chi connectivity index (χ1n) is 5.70. The standard InChI is InChI=1S/C13H8F3N3O/c14-9-5-10(15)13(17-12(9)16)20-7-19-6-8-3-1-2-4-11(8)18-19/h1-6H,7H2. The number of aromatic nitrogens is 3. The van der Waals surface area contributed by atoms with Crippen molar-refractivity contribution in [2.45, 2.75) is 6.73 Å². The lowest BCUT2D eigenvalue weighted by molar-refractivity contribution is 0.198. The maximum absolute atomic E-state index is 13.3. The van der Waals surface area contributed by atoms with Gasteiger partial charge in [0.25, 0.3) is 11.8 Å². The monoisotopic (exact) mass is 279 g/mol. The van der Waals surface area contributed by atoms with Gasteiger partial charge in [0.15, 0.2) is 18.4 Å². The Hall–Kier alpha value is -2.57. The van der Waals surface area contributed by atoms with Crippen LogP contribution in [0, 0.1) is 17.6 Å². The van der Waals surface area contributed by atoms with E-state index in [-0.39, 0.29) is 6.73 Å². The molecule has 1 aromatic carbocycles. The zero-order chi connectivity index (χ0) is 14.1. The summed E-state index contributed by atoms with van der Waals surface area (Å²) in [6, 6.07) is 7.73. The first-order chi connectivity index (χ1) is 9.63. The van der Waals surface area contributed by atoms with E-state index in [4.69, 9.17) is 4.74 Å². The molecule has 0 spiro atoms. The summed E-state index contributed by atoms with van der Waals surface area (Å²) in [6.45, 7) is -0.163. The molecule has 3 rings (SSSR count). The Morgan fingerprint density at radius 3 is 2.70 bits per heavy atom. The summed E-state index contributed by atoms with van der Waals surface area (Å²) in [5.74, 6) is -4.45. The summed E-state index contributed by atoms with van der Waals surface area (Å²) < 4.78 is 45.3. The van der Waals surface area contributed by atoms with Crippen LogP contribution in [0.25, 0.3) is 10.9 Å². The number of benzene rings is 1. The van der Waals surface area contributed by atoms with Crippen molar-refractivity contribution in [2.24, 2.45) is 0 Å². The molecule has 20 heavy (non-hydrogen) atoms. The molecule has 0 aliphatic carbocycles. The largest absolute Gasteiger partial charge is 0.452 e. The lowest BCUT2D eigenvalue weighted by Crippen LogP contribution is -2.08. The molecule has 7 heteroatoms. The predicted octanol–water partition coefficient (Wildman–Crippen LogP) is 2.89. The van der Waals surface area contributed by atoms with Crippen LogP contribution in [0.2, 0.25) is 0 Å². The summed E-state index contributed by atoms with van der Waals surface area (Å²) in [7, 11) is 0. The third kappa shape index (κ3) is 2.29. The number of hydrogen-bond acceptors (Lipinski definition) is 3. The highest BCUT2D eigenvalue weighted by Crippen LogP contribution is 2.17. The smallest absolute Gasteiger partial charge is 0.255 e. The van der Waals surface area contributed by atoms with Gasteiger partial charge >= 0.3 is 0 Å². The molecular formula is C13H8F3N3O. The second-order valence-corrected chi connectivity index (χ2v) is 4.05. The second kappa shape index (κ2) is 4.84. The summed E-state index contributed by atoms with van der Waals surface area (Å²) in [5, 5.41) is 5.06.